The van der Waals surface area contributed by atoms with E-state index in [4.69, 9.17) is 24.4 Å². The molecule has 1 aliphatic heterocycles. The standard InChI is InChI=1S/C39H48F2N4O2SSi/c1-22(2)49(23(3)4,24(5)6)15-14-30-32(40)13-12-28-17-29(47-21-46-8)18-31(34(28)30)36-35(41)37-33(25(7)42-36)38(44-39(43-37)48-9)45-19-26-10-11-27(16-26)20-45/h12-13,17-18,22-24,26-27H,10-11,16,19-21H2,1-9H3. The number of anilines is 1. The average Bonchev–Trinajstić information content (AvgIpc) is 3.41. The van der Waals surface area contributed by atoms with Crippen molar-refractivity contribution in [1.82, 2.24) is 15.0 Å². The lowest BCUT2D eigenvalue weighted by Crippen LogP contribution is -2.43. The number of methoxy groups -OCH3 is 1. The fourth-order valence-electron chi connectivity index (χ4n) is 8.72. The summed E-state index contributed by atoms with van der Waals surface area (Å²) in [4.78, 5) is 16.9. The molecule has 1 saturated heterocycles. The molecule has 1 aliphatic carbocycles. The highest BCUT2D eigenvalue weighted by Gasteiger charge is 2.42. The van der Waals surface area contributed by atoms with Crippen molar-refractivity contribution in [3.05, 3.63) is 47.2 Å². The van der Waals surface area contributed by atoms with Crippen LogP contribution >= 0.6 is 11.8 Å². The monoisotopic (exact) mass is 702 g/mol. The first-order valence-corrected chi connectivity index (χ1v) is 20.9. The fraction of sp³-hybridized carbons (Fsp3) is 0.513. The molecular formula is C39H48F2N4O2SSi. The predicted octanol–water partition coefficient (Wildman–Crippen LogP) is 9.94. The maximum Gasteiger partial charge on any atom is 0.189 e. The lowest BCUT2D eigenvalue weighted by atomic mass is 9.95. The summed E-state index contributed by atoms with van der Waals surface area (Å²) in [6, 6.07) is 6.67. The summed E-state index contributed by atoms with van der Waals surface area (Å²) in [5.74, 6) is 4.80. The van der Waals surface area contributed by atoms with Gasteiger partial charge in [-0.2, -0.15) is 0 Å². The van der Waals surface area contributed by atoms with E-state index in [0.29, 0.717) is 66.8 Å². The molecule has 6 rings (SSSR count). The highest BCUT2D eigenvalue weighted by Crippen LogP contribution is 2.44. The highest BCUT2D eigenvalue weighted by molar-refractivity contribution is 7.98. The molecule has 2 aliphatic rings. The number of fused-ring (bicyclic) bond motifs is 4. The number of halogens is 2. The topological polar surface area (TPSA) is 60.4 Å². The summed E-state index contributed by atoms with van der Waals surface area (Å²) >= 11 is 1.40. The van der Waals surface area contributed by atoms with E-state index in [1.807, 2.05) is 19.2 Å². The van der Waals surface area contributed by atoms with Gasteiger partial charge in [0.05, 0.1) is 16.6 Å². The lowest BCUT2D eigenvalue weighted by Gasteiger charge is -2.38. The smallest absolute Gasteiger partial charge is 0.189 e. The molecule has 2 fully saturated rings. The van der Waals surface area contributed by atoms with Gasteiger partial charge in [0.2, 0.25) is 0 Å². The van der Waals surface area contributed by atoms with E-state index in [1.165, 1.54) is 37.1 Å². The summed E-state index contributed by atoms with van der Waals surface area (Å²) < 4.78 is 44.4. The van der Waals surface area contributed by atoms with Crippen molar-refractivity contribution >= 4 is 47.3 Å². The Morgan fingerprint density at radius 3 is 2.24 bits per heavy atom. The Morgan fingerprint density at radius 2 is 1.63 bits per heavy atom. The zero-order chi connectivity index (χ0) is 35.2. The molecular weight excluding hydrogens is 655 g/mol. The van der Waals surface area contributed by atoms with Gasteiger partial charge in [-0.05, 0) is 84.5 Å². The van der Waals surface area contributed by atoms with Gasteiger partial charge < -0.3 is 14.4 Å². The molecule has 2 bridgehead atoms. The number of thioether (sulfide) groups is 1. The number of hydrogen-bond donors (Lipinski definition) is 0. The van der Waals surface area contributed by atoms with Gasteiger partial charge in [0, 0.05) is 31.1 Å². The molecule has 2 aromatic heterocycles. The van der Waals surface area contributed by atoms with Gasteiger partial charge in [-0.3, -0.25) is 0 Å². The number of nitrogens with zero attached hydrogens (tertiary/aromatic N) is 4. The van der Waals surface area contributed by atoms with E-state index < -0.39 is 19.7 Å². The maximum absolute atomic E-state index is 17.2. The Hall–Kier alpha value is -3.26. The molecule has 6 nitrogen and oxygen atoms in total. The molecule has 3 heterocycles. The van der Waals surface area contributed by atoms with Gasteiger partial charge in [0.15, 0.2) is 17.8 Å². The van der Waals surface area contributed by atoms with Crippen LogP contribution in [0.5, 0.6) is 5.75 Å². The zero-order valence-electron chi connectivity index (χ0n) is 30.2. The number of aromatic nitrogens is 3. The van der Waals surface area contributed by atoms with Crippen molar-refractivity contribution in [3.8, 4) is 28.5 Å². The first kappa shape index (κ1) is 35.6. The maximum atomic E-state index is 17.2. The van der Waals surface area contributed by atoms with Crippen molar-refractivity contribution in [2.45, 2.75) is 89.5 Å². The van der Waals surface area contributed by atoms with Crippen LogP contribution in [-0.2, 0) is 4.74 Å². The summed E-state index contributed by atoms with van der Waals surface area (Å²) in [6.45, 7) is 17.1. The lowest BCUT2D eigenvalue weighted by molar-refractivity contribution is 0.0512. The number of rotatable bonds is 9. The molecule has 2 aromatic carbocycles. The molecule has 0 amide bonds. The van der Waals surface area contributed by atoms with Crippen LogP contribution in [-0.4, -0.2) is 56.3 Å². The third-order valence-corrected chi connectivity index (χ3v) is 17.8. The number of piperidine rings is 1. The second-order valence-electron chi connectivity index (χ2n) is 14.8. The number of benzene rings is 2. The first-order valence-electron chi connectivity index (χ1n) is 17.5. The van der Waals surface area contributed by atoms with E-state index in [-0.39, 0.29) is 23.6 Å². The molecule has 2 unspecified atom stereocenters. The van der Waals surface area contributed by atoms with Gasteiger partial charge in [-0.1, -0.05) is 65.3 Å². The molecule has 0 spiro atoms. The van der Waals surface area contributed by atoms with Gasteiger partial charge in [0.25, 0.3) is 0 Å². The average molecular weight is 703 g/mol. The molecule has 10 heteroatoms. The summed E-state index contributed by atoms with van der Waals surface area (Å²) in [5.41, 5.74) is 6.37. The third kappa shape index (κ3) is 6.43. The van der Waals surface area contributed by atoms with Crippen LogP contribution in [0.25, 0.3) is 32.9 Å². The Bertz CT molecular complexity index is 1920. The minimum atomic E-state index is -2.22. The second kappa shape index (κ2) is 14.2. The number of ether oxygens (including phenoxy) is 2. The minimum absolute atomic E-state index is 0.00222. The van der Waals surface area contributed by atoms with E-state index in [1.54, 1.807) is 19.2 Å². The Balaban J connectivity index is 1.64. The van der Waals surface area contributed by atoms with Crippen molar-refractivity contribution in [2.75, 3.05) is 38.1 Å². The van der Waals surface area contributed by atoms with E-state index in [2.05, 4.69) is 57.9 Å². The fourth-order valence-corrected chi connectivity index (χ4v) is 14.3. The predicted molar refractivity (Wildman–Crippen MR) is 200 cm³/mol. The van der Waals surface area contributed by atoms with Crippen LogP contribution in [0.4, 0.5) is 14.6 Å². The zero-order valence-corrected chi connectivity index (χ0v) is 32.0. The molecule has 49 heavy (non-hydrogen) atoms. The van der Waals surface area contributed by atoms with Gasteiger partial charge in [0.1, 0.15) is 36.7 Å². The Kier molecular flexibility index (Phi) is 10.3. The summed E-state index contributed by atoms with van der Waals surface area (Å²) in [6.07, 6.45) is 5.60. The van der Waals surface area contributed by atoms with Gasteiger partial charge >= 0.3 is 0 Å². The van der Waals surface area contributed by atoms with Crippen molar-refractivity contribution in [2.24, 2.45) is 11.8 Å². The number of hydrogen-bond acceptors (Lipinski definition) is 7. The van der Waals surface area contributed by atoms with E-state index in [9.17, 15) is 0 Å². The molecule has 260 valence electrons. The second-order valence-corrected chi connectivity index (χ2v) is 21.1. The van der Waals surface area contributed by atoms with Crippen LogP contribution in [0, 0.1) is 41.9 Å². The third-order valence-electron chi connectivity index (χ3n) is 10.9. The minimum Gasteiger partial charge on any atom is -0.468 e. The summed E-state index contributed by atoms with van der Waals surface area (Å²) in [5, 5.41) is 2.32. The Labute approximate surface area is 294 Å². The van der Waals surface area contributed by atoms with Crippen LogP contribution < -0.4 is 9.64 Å². The first-order chi connectivity index (χ1) is 23.4. The highest BCUT2D eigenvalue weighted by atomic mass is 32.2. The van der Waals surface area contributed by atoms with E-state index in [0.717, 1.165) is 18.9 Å². The van der Waals surface area contributed by atoms with Gasteiger partial charge in [-0.15, -0.1) is 5.54 Å². The van der Waals surface area contributed by atoms with Crippen LogP contribution in [0.15, 0.2) is 29.4 Å². The molecule has 0 N–H and O–H groups in total. The number of aryl methyl sites for hydroxylation is 1. The molecule has 2 atom stereocenters. The Morgan fingerprint density at radius 1 is 0.959 bits per heavy atom. The molecule has 4 aromatic rings. The SMILES string of the molecule is COCOc1cc(-c2nc(C)c3c(N4CC5CCC(C5)C4)nc(SC)nc3c2F)c2c(C#C[Si](C(C)C)(C(C)C)C(C)C)c(F)ccc2c1. The van der Waals surface area contributed by atoms with Crippen LogP contribution in [0.1, 0.15) is 72.1 Å². The molecule has 0 radical (unpaired) electrons. The molecule has 1 saturated carbocycles. The van der Waals surface area contributed by atoms with Crippen LogP contribution in [0.3, 0.4) is 0 Å². The van der Waals surface area contributed by atoms with Crippen molar-refractivity contribution in [1.29, 1.82) is 0 Å². The van der Waals surface area contributed by atoms with E-state index >= 15 is 8.78 Å². The van der Waals surface area contributed by atoms with Crippen molar-refractivity contribution in [3.63, 3.8) is 0 Å². The number of pyridine rings is 1. The quantitative estimate of drug-likeness (QED) is 0.0566. The van der Waals surface area contributed by atoms with Crippen molar-refractivity contribution < 1.29 is 18.3 Å². The summed E-state index contributed by atoms with van der Waals surface area (Å²) in [7, 11) is -0.680. The van der Waals surface area contributed by atoms with Gasteiger partial charge in [-0.25, -0.2) is 23.7 Å². The van der Waals surface area contributed by atoms with Crippen LogP contribution in [0.2, 0.25) is 16.6 Å². The normalized spacial score (nSPS) is 17.9. The largest absolute Gasteiger partial charge is 0.468 e.